The van der Waals surface area contributed by atoms with E-state index in [0.717, 1.165) is 0 Å². The third-order valence-electron chi connectivity index (χ3n) is 3.52. The molecular weight excluding hydrogens is 285 g/mol. The van der Waals surface area contributed by atoms with E-state index in [1.807, 2.05) is 33.9 Å². The molecule has 0 bridgehead atoms. The second-order valence-corrected chi connectivity index (χ2v) is 11.1. The molecule has 0 aliphatic rings. The van der Waals surface area contributed by atoms with Crippen LogP contribution in [0, 0.1) is 5.82 Å². The summed E-state index contributed by atoms with van der Waals surface area (Å²) in [6.45, 7) is 10.1. The zero-order valence-corrected chi connectivity index (χ0v) is 13.5. The standard InChI is InChI=1S/C12H19BClFO3Si/c1-12(2,3)19(4,5)18-9-7-6-8(14)10(11(9)15)13(16)17/h6-7,16-17H,1-5H3. The van der Waals surface area contributed by atoms with Crippen molar-refractivity contribution in [1.29, 1.82) is 0 Å². The largest absolute Gasteiger partial charge is 0.542 e. The highest BCUT2D eigenvalue weighted by Gasteiger charge is 2.40. The maximum absolute atomic E-state index is 14.2. The van der Waals surface area contributed by atoms with Gasteiger partial charge in [-0.1, -0.05) is 32.4 Å². The zero-order valence-electron chi connectivity index (χ0n) is 11.8. The van der Waals surface area contributed by atoms with Gasteiger partial charge in [-0.25, -0.2) is 4.39 Å². The predicted molar refractivity (Wildman–Crippen MR) is 79.1 cm³/mol. The molecule has 7 heteroatoms. The van der Waals surface area contributed by atoms with Crippen LogP contribution in [0.15, 0.2) is 12.1 Å². The molecule has 0 saturated carbocycles. The second-order valence-electron chi connectivity index (χ2n) is 6.01. The first-order valence-corrected chi connectivity index (χ1v) is 9.29. The van der Waals surface area contributed by atoms with Gasteiger partial charge in [0.25, 0.3) is 8.32 Å². The van der Waals surface area contributed by atoms with Crippen LogP contribution in [0.1, 0.15) is 20.8 Å². The van der Waals surface area contributed by atoms with E-state index in [-0.39, 0.29) is 21.3 Å². The molecule has 0 amide bonds. The summed E-state index contributed by atoms with van der Waals surface area (Å²) in [6, 6.07) is 2.83. The lowest BCUT2D eigenvalue weighted by Crippen LogP contribution is -2.44. The van der Waals surface area contributed by atoms with E-state index >= 15 is 0 Å². The number of hydrogen-bond acceptors (Lipinski definition) is 3. The molecule has 0 radical (unpaired) electrons. The minimum Gasteiger partial charge on any atom is -0.542 e. The Morgan fingerprint density at radius 3 is 2.21 bits per heavy atom. The molecule has 0 aromatic heterocycles. The Balaban J connectivity index is 3.21. The Bertz CT molecular complexity index is 475. The van der Waals surface area contributed by atoms with Crippen LogP contribution in [0.2, 0.25) is 23.2 Å². The van der Waals surface area contributed by atoms with Crippen molar-refractivity contribution in [2.45, 2.75) is 38.9 Å². The van der Waals surface area contributed by atoms with Crippen molar-refractivity contribution in [3.8, 4) is 5.75 Å². The molecule has 0 fully saturated rings. The Kier molecular flexibility index (Phi) is 4.72. The SMILES string of the molecule is CC(C)(C)[Si](C)(C)Oc1ccc(Cl)c(B(O)O)c1F. The number of halogens is 2. The van der Waals surface area contributed by atoms with Crippen LogP contribution in [0.25, 0.3) is 0 Å². The van der Waals surface area contributed by atoms with E-state index < -0.39 is 21.3 Å². The summed E-state index contributed by atoms with van der Waals surface area (Å²) < 4.78 is 20.0. The van der Waals surface area contributed by atoms with E-state index in [0.29, 0.717) is 0 Å². The van der Waals surface area contributed by atoms with Crippen LogP contribution in [0.5, 0.6) is 5.75 Å². The van der Waals surface area contributed by atoms with Crippen LogP contribution in [0.3, 0.4) is 0 Å². The summed E-state index contributed by atoms with van der Waals surface area (Å²) in [7, 11) is -4.16. The van der Waals surface area contributed by atoms with Crippen LogP contribution < -0.4 is 9.89 Å². The molecule has 19 heavy (non-hydrogen) atoms. The van der Waals surface area contributed by atoms with E-state index in [9.17, 15) is 4.39 Å². The van der Waals surface area contributed by atoms with E-state index in [1.54, 1.807) is 0 Å². The van der Waals surface area contributed by atoms with Crippen molar-refractivity contribution < 1.29 is 18.9 Å². The van der Waals surface area contributed by atoms with Gasteiger partial charge in [0, 0.05) is 10.5 Å². The highest BCUT2D eigenvalue weighted by Crippen LogP contribution is 2.38. The molecule has 0 spiro atoms. The van der Waals surface area contributed by atoms with Gasteiger partial charge in [-0.15, -0.1) is 0 Å². The quantitative estimate of drug-likeness (QED) is 0.844. The number of rotatable bonds is 3. The van der Waals surface area contributed by atoms with Crippen molar-refractivity contribution >= 4 is 32.5 Å². The van der Waals surface area contributed by atoms with Gasteiger partial charge in [0.15, 0.2) is 5.82 Å². The van der Waals surface area contributed by atoms with E-state index in [1.165, 1.54) is 12.1 Å². The monoisotopic (exact) mass is 304 g/mol. The summed E-state index contributed by atoms with van der Waals surface area (Å²) in [5, 5.41) is 18.2. The summed E-state index contributed by atoms with van der Waals surface area (Å²) >= 11 is 5.75. The molecule has 2 N–H and O–H groups in total. The van der Waals surface area contributed by atoms with Gasteiger partial charge in [-0.05, 0) is 30.3 Å². The highest BCUT2D eigenvalue weighted by molar-refractivity contribution is 6.74. The van der Waals surface area contributed by atoms with E-state index in [4.69, 9.17) is 26.1 Å². The van der Waals surface area contributed by atoms with Crippen LogP contribution >= 0.6 is 11.6 Å². The molecule has 0 aliphatic carbocycles. The lowest BCUT2D eigenvalue weighted by molar-refractivity contribution is 0.419. The second kappa shape index (κ2) is 5.44. The van der Waals surface area contributed by atoms with Crippen LogP contribution in [-0.4, -0.2) is 25.5 Å². The Hall–Kier alpha value is -0.558. The zero-order chi connectivity index (χ0) is 15.0. The molecule has 0 aliphatic heterocycles. The van der Waals surface area contributed by atoms with Gasteiger partial charge < -0.3 is 14.5 Å². The molecular formula is C12H19BClFO3Si. The van der Waals surface area contributed by atoms with Crippen molar-refractivity contribution in [3.63, 3.8) is 0 Å². The van der Waals surface area contributed by atoms with Gasteiger partial charge in [-0.3, -0.25) is 0 Å². The van der Waals surface area contributed by atoms with Gasteiger partial charge in [-0.2, -0.15) is 0 Å². The molecule has 1 aromatic carbocycles. The Morgan fingerprint density at radius 2 is 1.79 bits per heavy atom. The van der Waals surface area contributed by atoms with Crippen molar-refractivity contribution in [2.24, 2.45) is 0 Å². The van der Waals surface area contributed by atoms with Crippen molar-refractivity contribution in [3.05, 3.63) is 23.0 Å². The Labute approximate surface area is 119 Å². The first-order chi connectivity index (χ1) is 8.47. The third kappa shape index (κ3) is 3.51. The summed E-state index contributed by atoms with van der Waals surface area (Å²) in [4.78, 5) is 0. The lowest BCUT2D eigenvalue weighted by atomic mass is 9.79. The molecule has 0 saturated heterocycles. The molecule has 1 aromatic rings. The average Bonchev–Trinajstić information content (AvgIpc) is 2.20. The fourth-order valence-corrected chi connectivity index (χ4v) is 2.55. The summed E-state index contributed by atoms with van der Waals surface area (Å²) in [6.07, 6.45) is 0. The molecule has 0 heterocycles. The summed E-state index contributed by atoms with van der Waals surface area (Å²) in [5.74, 6) is -0.800. The maximum Gasteiger partial charge on any atom is 0.493 e. The molecule has 1 rings (SSSR count). The van der Waals surface area contributed by atoms with Gasteiger partial charge in [0.2, 0.25) is 0 Å². The Morgan fingerprint density at radius 1 is 1.26 bits per heavy atom. The van der Waals surface area contributed by atoms with E-state index in [2.05, 4.69) is 0 Å². The first kappa shape index (κ1) is 16.5. The molecule has 0 unspecified atom stereocenters. The summed E-state index contributed by atoms with van der Waals surface area (Å²) in [5.41, 5.74) is -0.349. The first-order valence-electron chi connectivity index (χ1n) is 6.00. The average molecular weight is 305 g/mol. The van der Waals surface area contributed by atoms with Gasteiger partial charge >= 0.3 is 7.12 Å². The maximum atomic E-state index is 14.2. The third-order valence-corrected chi connectivity index (χ3v) is 8.19. The minimum atomic E-state index is -2.20. The number of benzene rings is 1. The topological polar surface area (TPSA) is 49.7 Å². The van der Waals surface area contributed by atoms with Crippen LogP contribution in [0.4, 0.5) is 4.39 Å². The lowest BCUT2D eigenvalue weighted by Gasteiger charge is -2.36. The fraction of sp³-hybridized carbons (Fsp3) is 0.500. The van der Waals surface area contributed by atoms with Crippen molar-refractivity contribution in [2.75, 3.05) is 0 Å². The van der Waals surface area contributed by atoms with Crippen LogP contribution in [-0.2, 0) is 0 Å². The van der Waals surface area contributed by atoms with Crippen molar-refractivity contribution in [1.82, 2.24) is 0 Å². The fourth-order valence-electron chi connectivity index (χ4n) is 1.29. The molecule has 3 nitrogen and oxygen atoms in total. The normalized spacial score (nSPS) is 12.5. The molecule has 0 atom stereocenters. The highest BCUT2D eigenvalue weighted by atomic mass is 35.5. The van der Waals surface area contributed by atoms with Gasteiger partial charge in [0.1, 0.15) is 5.75 Å². The molecule has 106 valence electrons. The minimum absolute atomic E-state index is 0.0130. The smallest absolute Gasteiger partial charge is 0.493 e. The number of hydrogen-bond donors (Lipinski definition) is 2. The predicted octanol–water partition coefficient (Wildman–Crippen LogP) is 2.54. The van der Waals surface area contributed by atoms with Gasteiger partial charge in [0.05, 0.1) is 0 Å².